The Balaban J connectivity index is 2.62. The van der Waals surface area contributed by atoms with Gasteiger partial charge in [0.15, 0.2) is 0 Å². The molecule has 66 valence electrons. The van der Waals surface area contributed by atoms with E-state index in [1.54, 1.807) is 11.8 Å². The van der Waals surface area contributed by atoms with Gasteiger partial charge in [0.25, 0.3) is 0 Å². The lowest BCUT2D eigenvalue weighted by Crippen LogP contribution is -2.33. The van der Waals surface area contributed by atoms with Gasteiger partial charge < -0.3 is 0 Å². The summed E-state index contributed by atoms with van der Waals surface area (Å²) < 4.78 is 22.3. The molecule has 0 aliphatic carbocycles. The van der Waals surface area contributed by atoms with Gasteiger partial charge in [-0.05, 0) is 19.1 Å². The molecule has 0 radical (unpaired) electrons. The molecule has 1 heterocycles. The lowest BCUT2D eigenvalue weighted by molar-refractivity contribution is 0.534. The second kappa shape index (κ2) is 2.98. The predicted molar refractivity (Wildman–Crippen MR) is 49.8 cm³/mol. The summed E-state index contributed by atoms with van der Waals surface area (Å²) in [7, 11) is -2.68. The van der Waals surface area contributed by atoms with E-state index in [0.717, 1.165) is 12.8 Å². The summed E-state index contributed by atoms with van der Waals surface area (Å²) in [6.45, 7) is 2.15. The number of hydrogen-bond donors (Lipinski definition) is 0. The van der Waals surface area contributed by atoms with Crippen molar-refractivity contribution in [3.8, 4) is 0 Å². The minimum atomic E-state index is -2.68. The van der Waals surface area contributed by atoms with E-state index in [4.69, 9.17) is 0 Å². The Morgan fingerprint density at radius 2 is 1.73 bits per heavy atom. The van der Waals surface area contributed by atoms with Gasteiger partial charge in [-0.3, -0.25) is 0 Å². The van der Waals surface area contributed by atoms with Gasteiger partial charge in [0.2, 0.25) is 0 Å². The van der Waals surface area contributed by atoms with E-state index in [2.05, 4.69) is 13.2 Å². The highest BCUT2D eigenvalue weighted by Gasteiger charge is 2.32. The first-order chi connectivity index (χ1) is 4.97. The predicted octanol–water partition coefficient (Wildman–Crippen LogP) is 1.32. The first-order valence-electron chi connectivity index (χ1n) is 3.73. The third-order valence-corrected chi connectivity index (χ3v) is 5.42. The van der Waals surface area contributed by atoms with Crippen molar-refractivity contribution in [1.29, 1.82) is 0 Å². The minimum absolute atomic E-state index is 0.214. The van der Waals surface area contributed by atoms with Crippen LogP contribution in [-0.2, 0) is 9.84 Å². The molecule has 0 amide bonds. The topological polar surface area (TPSA) is 34.1 Å². The Morgan fingerprint density at radius 3 is 2.09 bits per heavy atom. The molecule has 0 aromatic carbocycles. The molecule has 1 rings (SSSR count). The van der Waals surface area contributed by atoms with Crippen molar-refractivity contribution < 1.29 is 8.42 Å². The Morgan fingerprint density at radius 1 is 1.27 bits per heavy atom. The molecule has 4 heteroatoms. The van der Waals surface area contributed by atoms with Crippen LogP contribution in [-0.4, -0.2) is 30.9 Å². The van der Waals surface area contributed by atoms with E-state index in [1.165, 1.54) is 0 Å². The first kappa shape index (κ1) is 9.39. The molecule has 0 bridgehead atoms. The molecule has 2 nitrogen and oxygen atoms in total. The SMILES string of the molecule is CSC1(C)CCS(=O)(=O)CC1. The van der Waals surface area contributed by atoms with Gasteiger partial charge in [-0.25, -0.2) is 8.42 Å². The average molecular weight is 194 g/mol. The molecule has 0 spiro atoms. The zero-order chi connectivity index (χ0) is 8.54. The van der Waals surface area contributed by atoms with E-state index in [9.17, 15) is 8.42 Å². The maximum Gasteiger partial charge on any atom is 0.150 e. The van der Waals surface area contributed by atoms with E-state index >= 15 is 0 Å². The average Bonchev–Trinajstić information content (AvgIpc) is 1.97. The van der Waals surface area contributed by atoms with Crippen LogP contribution in [0.2, 0.25) is 0 Å². The normalized spacial score (nSPS) is 28.2. The van der Waals surface area contributed by atoms with Crippen LogP contribution in [0.1, 0.15) is 19.8 Å². The Hall–Kier alpha value is 0.300. The zero-order valence-corrected chi connectivity index (χ0v) is 8.59. The lowest BCUT2D eigenvalue weighted by atomic mass is 10.1. The minimum Gasteiger partial charge on any atom is -0.229 e. The van der Waals surface area contributed by atoms with E-state index in [0.29, 0.717) is 11.5 Å². The van der Waals surface area contributed by atoms with Gasteiger partial charge in [0.1, 0.15) is 9.84 Å². The first-order valence-corrected chi connectivity index (χ1v) is 6.78. The number of thioether (sulfide) groups is 1. The van der Waals surface area contributed by atoms with Gasteiger partial charge >= 0.3 is 0 Å². The summed E-state index contributed by atoms with van der Waals surface area (Å²) in [6.07, 6.45) is 3.69. The molecule has 1 aliphatic rings. The fourth-order valence-corrected chi connectivity index (χ4v) is 3.77. The van der Waals surface area contributed by atoms with Gasteiger partial charge in [0, 0.05) is 4.75 Å². The van der Waals surface area contributed by atoms with Crippen LogP contribution >= 0.6 is 11.8 Å². The molecule has 0 atom stereocenters. The molecule has 0 aromatic rings. The van der Waals surface area contributed by atoms with Crippen LogP contribution < -0.4 is 0 Å². The van der Waals surface area contributed by atoms with E-state index in [-0.39, 0.29) is 4.75 Å². The van der Waals surface area contributed by atoms with Crippen LogP contribution in [0.25, 0.3) is 0 Å². The number of rotatable bonds is 1. The summed E-state index contributed by atoms with van der Waals surface area (Å²) in [4.78, 5) is 0. The fourth-order valence-electron chi connectivity index (χ4n) is 1.17. The second-order valence-corrected chi connectivity index (χ2v) is 7.00. The van der Waals surface area contributed by atoms with Crippen LogP contribution in [0.3, 0.4) is 0 Å². The molecule has 0 unspecified atom stereocenters. The summed E-state index contributed by atoms with van der Waals surface area (Å²) in [5.74, 6) is 0.759. The fraction of sp³-hybridized carbons (Fsp3) is 1.00. The van der Waals surface area contributed by atoms with Crippen LogP contribution in [0.15, 0.2) is 0 Å². The smallest absolute Gasteiger partial charge is 0.150 e. The molecule has 0 saturated carbocycles. The standard InChI is InChI=1S/C7H14O2S2/c1-7(10-2)3-5-11(8,9)6-4-7/h3-6H2,1-2H3. The van der Waals surface area contributed by atoms with E-state index in [1.807, 2.05) is 0 Å². The molecule has 1 aliphatic heterocycles. The second-order valence-electron chi connectivity index (χ2n) is 3.31. The summed E-state index contributed by atoms with van der Waals surface area (Å²) in [6, 6.07) is 0. The third-order valence-electron chi connectivity index (χ3n) is 2.38. The van der Waals surface area contributed by atoms with Crippen molar-refractivity contribution in [2.45, 2.75) is 24.5 Å². The molecule has 1 saturated heterocycles. The molecular weight excluding hydrogens is 180 g/mol. The van der Waals surface area contributed by atoms with Gasteiger partial charge in [-0.2, -0.15) is 11.8 Å². The Kier molecular flexibility index (Phi) is 2.54. The van der Waals surface area contributed by atoms with Gasteiger partial charge in [0.05, 0.1) is 11.5 Å². The van der Waals surface area contributed by atoms with Gasteiger partial charge in [-0.1, -0.05) is 6.92 Å². The Bertz CT molecular complexity index is 217. The molecule has 11 heavy (non-hydrogen) atoms. The zero-order valence-electron chi connectivity index (χ0n) is 6.96. The highest BCUT2D eigenvalue weighted by Crippen LogP contribution is 2.34. The maximum absolute atomic E-state index is 11.0. The largest absolute Gasteiger partial charge is 0.229 e. The molecular formula is C7H14O2S2. The van der Waals surface area contributed by atoms with Crippen LogP contribution in [0.5, 0.6) is 0 Å². The van der Waals surface area contributed by atoms with Crippen molar-refractivity contribution in [3.63, 3.8) is 0 Å². The van der Waals surface area contributed by atoms with Crippen molar-refractivity contribution >= 4 is 21.6 Å². The summed E-state index contributed by atoms with van der Waals surface area (Å²) >= 11 is 1.78. The highest BCUT2D eigenvalue weighted by molar-refractivity contribution is 8.00. The van der Waals surface area contributed by atoms with Crippen LogP contribution in [0, 0.1) is 0 Å². The van der Waals surface area contributed by atoms with Crippen LogP contribution in [0.4, 0.5) is 0 Å². The Labute approximate surface area is 72.7 Å². The third kappa shape index (κ3) is 2.37. The lowest BCUT2D eigenvalue weighted by Gasteiger charge is -2.31. The van der Waals surface area contributed by atoms with Crippen molar-refractivity contribution in [2.24, 2.45) is 0 Å². The quantitative estimate of drug-likeness (QED) is 0.631. The molecule has 0 N–H and O–H groups in total. The van der Waals surface area contributed by atoms with Crippen molar-refractivity contribution in [3.05, 3.63) is 0 Å². The number of hydrogen-bond acceptors (Lipinski definition) is 3. The summed E-state index contributed by atoms with van der Waals surface area (Å²) in [5, 5.41) is 0. The number of sulfone groups is 1. The van der Waals surface area contributed by atoms with Crippen molar-refractivity contribution in [2.75, 3.05) is 17.8 Å². The highest BCUT2D eigenvalue weighted by atomic mass is 32.2. The monoisotopic (exact) mass is 194 g/mol. The van der Waals surface area contributed by atoms with Crippen molar-refractivity contribution in [1.82, 2.24) is 0 Å². The van der Waals surface area contributed by atoms with E-state index < -0.39 is 9.84 Å². The maximum atomic E-state index is 11.0. The summed E-state index contributed by atoms with van der Waals surface area (Å²) in [5.41, 5.74) is 0. The molecule has 0 aromatic heterocycles. The van der Waals surface area contributed by atoms with Gasteiger partial charge in [-0.15, -0.1) is 0 Å². The molecule has 1 fully saturated rings.